The van der Waals surface area contributed by atoms with Crippen molar-refractivity contribution in [3.63, 3.8) is 0 Å². The van der Waals surface area contributed by atoms with Crippen LogP contribution in [-0.2, 0) is 4.79 Å². The molecular weight excluding hydrogens is 188 g/mol. The minimum Gasteiger partial charge on any atom is -0.318 e. The molecule has 0 unspecified atom stereocenters. The Morgan fingerprint density at radius 1 is 1.07 bits per heavy atom. The predicted octanol–water partition coefficient (Wildman–Crippen LogP) is 2.23. The topological polar surface area (TPSA) is 42.0 Å². The number of aromatic nitrogens is 1. The molecule has 1 N–H and O–H groups in total. The zero-order chi connectivity index (χ0) is 10.5. The number of amides is 1. The van der Waals surface area contributed by atoms with E-state index in [1.54, 1.807) is 12.6 Å². The summed E-state index contributed by atoms with van der Waals surface area (Å²) >= 11 is 0. The second-order valence-corrected chi connectivity index (χ2v) is 3.02. The van der Waals surface area contributed by atoms with Gasteiger partial charge in [-0.05, 0) is 24.3 Å². The number of benzene rings is 1. The number of nitrogens with zero attached hydrogens (tertiary/aromatic N) is 1. The Kier molecular flexibility index (Phi) is 2.74. The van der Waals surface area contributed by atoms with E-state index in [9.17, 15) is 4.79 Å². The van der Waals surface area contributed by atoms with Gasteiger partial charge in [0, 0.05) is 17.4 Å². The van der Waals surface area contributed by atoms with Gasteiger partial charge < -0.3 is 5.32 Å². The van der Waals surface area contributed by atoms with Crippen LogP contribution in [0.1, 0.15) is 0 Å². The summed E-state index contributed by atoms with van der Waals surface area (Å²) in [5, 5.41) is 2.46. The van der Waals surface area contributed by atoms with E-state index in [-0.39, 0.29) is 0 Å². The largest absolute Gasteiger partial charge is 0.318 e. The Bertz CT molecular complexity index is 437. The number of carbonyl (C=O) groups excluding carboxylic acids is 1. The van der Waals surface area contributed by atoms with Gasteiger partial charge in [0.15, 0.2) is 0 Å². The molecule has 1 aromatic carbocycles. The molecule has 1 radical (unpaired) electrons. The van der Waals surface area contributed by atoms with Crippen LogP contribution in [0.2, 0.25) is 0 Å². The van der Waals surface area contributed by atoms with Crippen LogP contribution in [0, 0.1) is 0 Å². The van der Waals surface area contributed by atoms with Crippen LogP contribution in [0.25, 0.3) is 11.3 Å². The molecule has 3 heteroatoms. The van der Waals surface area contributed by atoms with Gasteiger partial charge in [0.2, 0.25) is 0 Å². The summed E-state index contributed by atoms with van der Waals surface area (Å²) in [5.41, 5.74) is 2.66. The van der Waals surface area contributed by atoms with Gasteiger partial charge in [-0.1, -0.05) is 18.2 Å². The molecule has 1 amide bonds. The summed E-state index contributed by atoms with van der Waals surface area (Å²) in [4.78, 5) is 14.3. The first kappa shape index (κ1) is 9.40. The zero-order valence-corrected chi connectivity index (χ0v) is 7.97. The Hall–Kier alpha value is -2.16. The summed E-state index contributed by atoms with van der Waals surface area (Å²) in [5.74, 6) is 0. The van der Waals surface area contributed by atoms with Crippen molar-refractivity contribution in [2.45, 2.75) is 0 Å². The Morgan fingerprint density at radius 2 is 1.87 bits per heavy atom. The summed E-state index contributed by atoms with van der Waals surface area (Å²) in [7, 11) is 0. The summed E-state index contributed by atoms with van der Waals surface area (Å²) < 4.78 is 0. The summed E-state index contributed by atoms with van der Waals surface area (Å²) in [6.45, 7) is 0. The van der Waals surface area contributed by atoms with Crippen molar-refractivity contribution in [2.24, 2.45) is 0 Å². The number of hydrogen-bond acceptors (Lipinski definition) is 2. The van der Waals surface area contributed by atoms with Gasteiger partial charge in [-0.3, -0.25) is 9.78 Å². The van der Waals surface area contributed by atoms with E-state index < -0.39 is 0 Å². The van der Waals surface area contributed by atoms with Crippen molar-refractivity contribution in [3.8, 4) is 11.3 Å². The highest BCUT2D eigenvalue weighted by Gasteiger charge is 1.97. The highest BCUT2D eigenvalue weighted by molar-refractivity contribution is 5.73. The third kappa shape index (κ3) is 2.20. The number of nitrogens with one attached hydrogen (secondary N) is 1. The standard InChI is InChI=1S/C12H9N2O/c15-9-14-11-6-4-10(5-7-11)12-3-1-2-8-13-12/h1-8H,(H,14,15). The molecule has 0 saturated carbocycles. The first-order valence-corrected chi connectivity index (χ1v) is 4.55. The van der Waals surface area contributed by atoms with Gasteiger partial charge in [-0.25, -0.2) is 0 Å². The van der Waals surface area contributed by atoms with E-state index in [4.69, 9.17) is 0 Å². The number of pyridine rings is 1. The fraction of sp³-hybridized carbons (Fsp3) is 0. The maximum Gasteiger partial charge on any atom is 0.314 e. The van der Waals surface area contributed by atoms with E-state index in [2.05, 4.69) is 10.3 Å². The predicted molar refractivity (Wildman–Crippen MR) is 59.0 cm³/mol. The Labute approximate surface area is 87.8 Å². The molecule has 0 aliphatic carbocycles. The molecule has 0 aliphatic heterocycles. The lowest BCUT2D eigenvalue weighted by Crippen LogP contribution is -1.92. The Morgan fingerprint density at radius 3 is 2.47 bits per heavy atom. The zero-order valence-electron chi connectivity index (χ0n) is 7.97. The van der Waals surface area contributed by atoms with Gasteiger partial charge in [-0.2, -0.15) is 0 Å². The third-order valence-corrected chi connectivity index (χ3v) is 2.04. The summed E-state index contributed by atoms with van der Waals surface area (Å²) in [6, 6.07) is 13.2. The van der Waals surface area contributed by atoms with Crippen LogP contribution in [0.4, 0.5) is 5.69 Å². The van der Waals surface area contributed by atoms with Crippen molar-refractivity contribution in [1.82, 2.24) is 4.98 Å². The van der Waals surface area contributed by atoms with Gasteiger partial charge in [0.25, 0.3) is 0 Å². The number of hydrogen-bond donors (Lipinski definition) is 1. The second kappa shape index (κ2) is 4.37. The molecule has 0 aliphatic rings. The van der Waals surface area contributed by atoms with E-state index >= 15 is 0 Å². The fourth-order valence-electron chi connectivity index (χ4n) is 1.32. The quantitative estimate of drug-likeness (QED) is 0.766. The van der Waals surface area contributed by atoms with Gasteiger partial charge >= 0.3 is 6.41 Å². The minimum atomic E-state index is 0.727. The average Bonchev–Trinajstić information content (AvgIpc) is 2.32. The van der Waals surface area contributed by atoms with Crippen LogP contribution in [0.5, 0.6) is 0 Å². The molecular formula is C12H9N2O. The second-order valence-electron chi connectivity index (χ2n) is 3.02. The van der Waals surface area contributed by atoms with Gasteiger partial charge in [-0.15, -0.1) is 0 Å². The third-order valence-electron chi connectivity index (χ3n) is 2.04. The van der Waals surface area contributed by atoms with Crippen LogP contribution in [-0.4, -0.2) is 11.4 Å². The minimum absolute atomic E-state index is 0.727. The molecule has 2 rings (SSSR count). The van der Waals surface area contributed by atoms with Crippen LogP contribution in [0.15, 0.2) is 48.7 Å². The molecule has 0 spiro atoms. The highest BCUT2D eigenvalue weighted by atomic mass is 16.1. The lowest BCUT2D eigenvalue weighted by molar-refractivity contribution is 0.561. The van der Waals surface area contributed by atoms with Crippen LogP contribution >= 0.6 is 0 Å². The van der Waals surface area contributed by atoms with Crippen LogP contribution < -0.4 is 5.32 Å². The van der Waals surface area contributed by atoms with Crippen molar-refractivity contribution >= 4 is 12.1 Å². The SMILES string of the molecule is O=[C]Nc1ccc(-c2ccccn2)cc1. The first-order valence-electron chi connectivity index (χ1n) is 4.55. The van der Waals surface area contributed by atoms with E-state index in [0.29, 0.717) is 0 Å². The first-order chi connectivity index (χ1) is 7.40. The number of rotatable bonds is 3. The molecule has 15 heavy (non-hydrogen) atoms. The van der Waals surface area contributed by atoms with Crippen molar-refractivity contribution in [3.05, 3.63) is 48.7 Å². The van der Waals surface area contributed by atoms with E-state index in [1.165, 1.54) is 0 Å². The summed E-state index contributed by atoms with van der Waals surface area (Å²) in [6.07, 6.45) is 3.38. The van der Waals surface area contributed by atoms with Crippen molar-refractivity contribution in [1.29, 1.82) is 0 Å². The molecule has 2 aromatic rings. The molecule has 1 heterocycles. The molecule has 0 atom stereocenters. The fourth-order valence-corrected chi connectivity index (χ4v) is 1.32. The Balaban J connectivity index is 2.28. The molecule has 73 valence electrons. The lowest BCUT2D eigenvalue weighted by Gasteiger charge is -2.01. The molecule has 1 aromatic heterocycles. The van der Waals surface area contributed by atoms with E-state index in [1.807, 2.05) is 42.5 Å². The van der Waals surface area contributed by atoms with Crippen molar-refractivity contribution < 1.29 is 4.79 Å². The molecule has 0 saturated heterocycles. The van der Waals surface area contributed by atoms with E-state index in [0.717, 1.165) is 16.9 Å². The molecule has 0 bridgehead atoms. The maximum atomic E-state index is 10.1. The smallest absolute Gasteiger partial charge is 0.314 e. The highest BCUT2D eigenvalue weighted by Crippen LogP contribution is 2.18. The lowest BCUT2D eigenvalue weighted by atomic mass is 10.1. The van der Waals surface area contributed by atoms with Gasteiger partial charge in [0.05, 0.1) is 5.69 Å². The molecule has 3 nitrogen and oxygen atoms in total. The molecule has 0 fully saturated rings. The maximum absolute atomic E-state index is 10.1. The normalized spacial score (nSPS) is 9.60. The monoisotopic (exact) mass is 197 g/mol. The van der Waals surface area contributed by atoms with Crippen molar-refractivity contribution in [2.75, 3.05) is 5.32 Å². The number of anilines is 1. The van der Waals surface area contributed by atoms with Gasteiger partial charge in [0.1, 0.15) is 0 Å². The average molecular weight is 197 g/mol. The van der Waals surface area contributed by atoms with Crippen LogP contribution in [0.3, 0.4) is 0 Å².